The van der Waals surface area contributed by atoms with Gasteiger partial charge in [0.1, 0.15) is 0 Å². The number of nitrogens with one attached hydrogen (secondary N) is 1. The molecule has 1 N–H and O–H groups in total. The van der Waals surface area contributed by atoms with Crippen LogP contribution in [0.5, 0.6) is 0 Å². The molecule has 0 aromatic heterocycles. The van der Waals surface area contributed by atoms with Gasteiger partial charge in [0.15, 0.2) is 0 Å². The summed E-state index contributed by atoms with van der Waals surface area (Å²) >= 11 is 0. The molecule has 0 aliphatic carbocycles. The molecule has 8 heteroatoms. The van der Waals surface area contributed by atoms with Crippen LogP contribution in [0, 0.1) is 5.92 Å². The van der Waals surface area contributed by atoms with E-state index in [9.17, 15) is 18.0 Å². The molecule has 1 heterocycles. The Morgan fingerprint density at radius 1 is 1.24 bits per heavy atom. The highest BCUT2D eigenvalue weighted by molar-refractivity contribution is 5.90. The number of likely N-dealkylation sites (tertiary alicyclic amines) is 1. The second-order valence-corrected chi connectivity index (χ2v) is 5.97. The first kappa shape index (κ1) is 19.5. The molecule has 1 fully saturated rings. The Morgan fingerprint density at radius 2 is 1.92 bits per heavy atom. The van der Waals surface area contributed by atoms with Gasteiger partial charge in [-0.2, -0.15) is 13.2 Å². The molecule has 25 heavy (non-hydrogen) atoms. The van der Waals surface area contributed by atoms with Crippen LogP contribution in [-0.2, 0) is 15.7 Å². The van der Waals surface area contributed by atoms with E-state index in [0.717, 1.165) is 18.9 Å². The fourth-order valence-corrected chi connectivity index (χ4v) is 2.73. The van der Waals surface area contributed by atoms with Crippen molar-refractivity contribution in [2.75, 3.05) is 45.3 Å². The van der Waals surface area contributed by atoms with Crippen LogP contribution in [0.3, 0.4) is 0 Å². The fraction of sp³-hybridized carbons (Fsp3) is 0.588. The third kappa shape index (κ3) is 5.89. The van der Waals surface area contributed by atoms with Crippen molar-refractivity contribution in [1.29, 1.82) is 0 Å². The zero-order chi connectivity index (χ0) is 18.3. The molecule has 2 amide bonds. The molecule has 1 aliphatic rings. The predicted molar refractivity (Wildman–Crippen MR) is 87.5 cm³/mol. The fourth-order valence-electron chi connectivity index (χ4n) is 2.73. The highest BCUT2D eigenvalue weighted by Gasteiger charge is 2.34. The monoisotopic (exact) mass is 360 g/mol. The molecule has 1 aromatic carbocycles. The number of benzene rings is 1. The number of hydrogen-bond acceptors (Lipinski definition) is 3. The van der Waals surface area contributed by atoms with Gasteiger partial charge >= 0.3 is 12.2 Å². The number of piperidine rings is 1. The van der Waals surface area contributed by atoms with E-state index in [1.807, 2.05) is 0 Å². The maximum atomic E-state index is 13.0. The molecule has 0 bridgehead atoms. The predicted octanol–water partition coefficient (Wildman–Crippen LogP) is 3.61. The lowest BCUT2D eigenvalue weighted by molar-refractivity contribution is -0.136. The van der Waals surface area contributed by atoms with Gasteiger partial charge in [-0.15, -0.1) is 0 Å². The molecule has 1 aromatic rings. The minimum absolute atomic E-state index is 0.218. The number of hydrogen-bond donors (Lipinski definition) is 1. The van der Waals surface area contributed by atoms with Crippen molar-refractivity contribution in [2.45, 2.75) is 19.0 Å². The van der Waals surface area contributed by atoms with E-state index in [0.29, 0.717) is 38.8 Å². The van der Waals surface area contributed by atoms with Gasteiger partial charge in [-0.25, -0.2) is 4.79 Å². The number of urea groups is 1. The highest BCUT2D eigenvalue weighted by Crippen LogP contribution is 2.34. The van der Waals surface area contributed by atoms with Crippen LogP contribution in [0.1, 0.15) is 18.4 Å². The van der Waals surface area contributed by atoms with Crippen LogP contribution in [0.2, 0.25) is 0 Å². The lowest BCUT2D eigenvalue weighted by Gasteiger charge is -2.32. The van der Waals surface area contributed by atoms with Crippen LogP contribution in [0.15, 0.2) is 24.3 Å². The smallest absolute Gasteiger partial charge is 0.382 e. The number of carbonyl (C=O) groups excluding carboxylic acids is 1. The second-order valence-electron chi connectivity index (χ2n) is 5.97. The van der Waals surface area contributed by atoms with Gasteiger partial charge in [0.2, 0.25) is 0 Å². The maximum absolute atomic E-state index is 13.0. The average Bonchev–Trinajstić information content (AvgIpc) is 2.59. The third-order valence-corrected chi connectivity index (χ3v) is 4.16. The van der Waals surface area contributed by atoms with Crippen LogP contribution < -0.4 is 5.32 Å². The van der Waals surface area contributed by atoms with Crippen molar-refractivity contribution < 1.29 is 27.4 Å². The number of nitrogens with zero attached hydrogens (tertiary/aromatic N) is 1. The largest absolute Gasteiger partial charge is 0.418 e. The van der Waals surface area contributed by atoms with Crippen LogP contribution in [0.4, 0.5) is 23.7 Å². The van der Waals surface area contributed by atoms with E-state index in [2.05, 4.69) is 5.32 Å². The number of alkyl halides is 3. The normalized spacial score (nSPS) is 16.1. The molecule has 0 unspecified atom stereocenters. The van der Waals surface area contributed by atoms with E-state index >= 15 is 0 Å². The summed E-state index contributed by atoms with van der Waals surface area (Å²) in [6, 6.07) is 4.48. The number of halogens is 3. The number of para-hydroxylation sites is 1. The minimum Gasteiger partial charge on any atom is -0.382 e. The van der Waals surface area contributed by atoms with E-state index in [4.69, 9.17) is 9.47 Å². The van der Waals surface area contributed by atoms with Gasteiger partial charge in [-0.05, 0) is 30.9 Å². The molecular formula is C17H23F3N2O3. The SMILES string of the molecule is COCCOCC1CCN(C(=O)Nc2ccccc2C(F)(F)F)CC1. The van der Waals surface area contributed by atoms with Gasteiger partial charge in [0, 0.05) is 26.8 Å². The number of ether oxygens (including phenoxy) is 2. The Balaban J connectivity index is 1.84. The summed E-state index contributed by atoms with van der Waals surface area (Å²) in [6.45, 7) is 2.68. The Kier molecular flexibility index (Phi) is 7.07. The lowest BCUT2D eigenvalue weighted by Crippen LogP contribution is -2.42. The third-order valence-electron chi connectivity index (χ3n) is 4.16. The standard InChI is InChI=1S/C17H23F3N2O3/c1-24-10-11-25-12-13-6-8-22(9-7-13)16(23)21-15-5-3-2-4-14(15)17(18,19)20/h2-5,13H,6-12H2,1H3,(H,21,23). The molecular weight excluding hydrogens is 337 g/mol. The van der Waals surface area contributed by atoms with Gasteiger partial charge in [0.05, 0.1) is 24.5 Å². The number of methoxy groups -OCH3 is 1. The maximum Gasteiger partial charge on any atom is 0.418 e. The van der Waals surface area contributed by atoms with Crippen molar-refractivity contribution in [3.63, 3.8) is 0 Å². The molecule has 0 spiro atoms. The van der Waals surface area contributed by atoms with Gasteiger partial charge in [-0.3, -0.25) is 0 Å². The minimum atomic E-state index is -4.50. The van der Waals surface area contributed by atoms with Crippen molar-refractivity contribution in [1.82, 2.24) is 4.90 Å². The molecule has 0 atom stereocenters. The number of carbonyl (C=O) groups is 1. The van der Waals surface area contributed by atoms with Crippen LogP contribution in [0.25, 0.3) is 0 Å². The Morgan fingerprint density at radius 3 is 2.56 bits per heavy atom. The Hall–Kier alpha value is -1.80. The Bertz CT molecular complexity index is 558. The van der Waals surface area contributed by atoms with E-state index in [1.54, 1.807) is 12.0 Å². The summed E-state index contributed by atoms with van der Waals surface area (Å²) in [6.07, 6.45) is -2.97. The van der Waals surface area contributed by atoms with E-state index < -0.39 is 17.8 Å². The first-order valence-electron chi connectivity index (χ1n) is 8.20. The number of anilines is 1. The first-order valence-corrected chi connectivity index (χ1v) is 8.20. The van der Waals surface area contributed by atoms with Crippen LogP contribution >= 0.6 is 0 Å². The molecule has 1 aliphatic heterocycles. The molecule has 140 valence electrons. The molecule has 1 saturated heterocycles. The van der Waals surface area contributed by atoms with Crippen molar-refractivity contribution in [3.8, 4) is 0 Å². The molecule has 0 radical (unpaired) electrons. The highest BCUT2D eigenvalue weighted by atomic mass is 19.4. The lowest BCUT2D eigenvalue weighted by atomic mass is 9.98. The topological polar surface area (TPSA) is 50.8 Å². The zero-order valence-corrected chi connectivity index (χ0v) is 14.1. The van der Waals surface area contributed by atoms with E-state index in [-0.39, 0.29) is 5.69 Å². The first-order chi connectivity index (χ1) is 11.9. The summed E-state index contributed by atoms with van der Waals surface area (Å²) in [5.74, 6) is 0.350. The average molecular weight is 360 g/mol. The molecule has 5 nitrogen and oxygen atoms in total. The van der Waals surface area contributed by atoms with E-state index in [1.165, 1.54) is 18.2 Å². The molecule has 0 saturated carbocycles. The summed E-state index contributed by atoms with van der Waals surface area (Å²) in [5.41, 5.74) is -1.06. The second kappa shape index (κ2) is 9.05. The summed E-state index contributed by atoms with van der Waals surface area (Å²) < 4.78 is 49.3. The number of rotatable bonds is 6. The summed E-state index contributed by atoms with van der Waals surface area (Å²) in [5, 5.41) is 2.38. The summed E-state index contributed by atoms with van der Waals surface area (Å²) in [4.78, 5) is 13.8. The van der Waals surface area contributed by atoms with Gasteiger partial charge in [-0.1, -0.05) is 12.1 Å². The molecule has 2 rings (SSSR count). The number of amides is 2. The van der Waals surface area contributed by atoms with Crippen molar-refractivity contribution in [2.24, 2.45) is 5.92 Å². The Labute approximate surface area is 145 Å². The zero-order valence-electron chi connectivity index (χ0n) is 14.1. The quantitative estimate of drug-likeness (QED) is 0.789. The van der Waals surface area contributed by atoms with Crippen molar-refractivity contribution >= 4 is 11.7 Å². The van der Waals surface area contributed by atoms with Gasteiger partial charge < -0.3 is 19.7 Å². The van der Waals surface area contributed by atoms with Crippen molar-refractivity contribution in [3.05, 3.63) is 29.8 Å². The van der Waals surface area contributed by atoms with Gasteiger partial charge in [0.25, 0.3) is 0 Å². The summed E-state index contributed by atoms with van der Waals surface area (Å²) in [7, 11) is 1.61. The van der Waals surface area contributed by atoms with Crippen LogP contribution in [-0.4, -0.2) is 51.0 Å².